The van der Waals surface area contributed by atoms with Crippen molar-refractivity contribution in [2.24, 2.45) is 7.05 Å². The standard InChI is InChI=1S/C24H22ClN5O2S/c1-15(26-23(32)17-7-10-19(25)11-8-17)22-28-29-24(30(22)2)33-14-21(31)27-20-12-9-16-5-3-4-6-18(16)13-20/h3-13,15H,14H2,1-2H3,(H,26,32)(H,27,31)/t15-/m0/s1. The third-order valence-corrected chi connectivity index (χ3v) is 6.35. The van der Waals surface area contributed by atoms with Gasteiger partial charge in [0.25, 0.3) is 5.91 Å². The number of carbonyl (C=O) groups is 2. The number of thioether (sulfide) groups is 1. The van der Waals surface area contributed by atoms with Gasteiger partial charge in [-0.25, -0.2) is 0 Å². The molecule has 33 heavy (non-hydrogen) atoms. The van der Waals surface area contributed by atoms with E-state index >= 15 is 0 Å². The predicted octanol–water partition coefficient (Wildman–Crippen LogP) is 4.84. The van der Waals surface area contributed by atoms with Crippen molar-refractivity contribution in [3.05, 3.63) is 83.1 Å². The smallest absolute Gasteiger partial charge is 0.251 e. The first kappa shape index (κ1) is 22.8. The van der Waals surface area contributed by atoms with Gasteiger partial charge in [-0.3, -0.25) is 9.59 Å². The average Bonchev–Trinajstić information content (AvgIpc) is 3.18. The molecule has 2 N–H and O–H groups in total. The molecular formula is C24H22ClN5O2S. The summed E-state index contributed by atoms with van der Waals surface area (Å²) < 4.78 is 1.78. The summed E-state index contributed by atoms with van der Waals surface area (Å²) in [5.41, 5.74) is 1.25. The summed E-state index contributed by atoms with van der Waals surface area (Å²) in [6, 6.07) is 20.1. The highest BCUT2D eigenvalue weighted by atomic mass is 35.5. The average molecular weight is 480 g/mol. The lowest BCUT2D eigenvalue weighted by atomic mass is 10.1. The Morgan fingerprint density at radius 3 is 2.52 bits per heavy atom. The van der Waals surface area contributed by atoms with Crippen LogP contribution in [-0.2, 0) is 11.8 Å². The molecule has 9 heteroatoms. The van der Waals surface area contributed by atoms with Crippen LogP contribution in [0.4, 0.5) is 5.69 Å². The largest absolute Gasteiger partial charge is 0.342 e. The lowest BCUT2D eigenvalue weighted by Gasteiger charge is -2.13. The Morgan fingerprint density at radius 2 is 1.76 bits per heavy atom. The van der Waals surface area contributed by atoms with Crippen LogP contribution >= 0.6 is 23.4 Å². The van der Waals surface area contributed by atoms with Gasteiger partial charge in [-0.15, -0.1) is 10.2 Å². The fourth-order valence-electron chi connectivity index (χ4n) is 3.37. The number of hydrogen-bond acceptors (Lipinski definition) is 5. The molecule has 2 amide bonds. The molecule has 7 nitrogen and oxygen atoms in total. The van der Waals surface area contributed by atoms with Crippen molar-refractivity contribution < 1.29 is 9.59 Å². The highest BCUT2D eigenvalue weighted by Gasteiger charge is 2.19. The summed E-state index contributed by atoms with van der Waals surface area (Å²) in [5, 5.41) is 17.5. The second-order valence-corrected chi connectivity index (χ2v) is 8.88. The quantitative estimate of drug-likeness (QED) is 0.370. The van der Waals surface area contributed by atoms with Crippen LogP contribution in [0.2, 0.25) is 5.02 Å². The van der Waals surface area contributed by atoms with Crippen LogP contribution in [0.5, 0.6) is 0 Å². The number of hydrogen-bond donors (Lipinski definition) is 2. The summed E-state index contributed by atoms with van der Waals surface area (Å²) in [6.07, 6.45) is 0. The molecule has 0 aliphatic carbocycles. The molecule has 1 aromatic heterocycles. The normalized spacial score (nSPS) is 11.8. The number of nitrogens with one attached hydrogen (secondary N) is 2. The number of carbonyl (C=O) groups excluding carboxylic acids is 2. The lowest BCUT2D eigenvalue weighted by molar-refractivity contribution is -0.113. The van der Waals surface area contributed by atoms with Gasteiger partial charge in [0.05, 0.1) is 11.8 Å². The van der Waals surface area contributed by atoms with Gasteiger partial charge in [0.2, 0.25) is 5.91 Å². The maximum atomic E-state index is 12.5. The minimum atomic E-state index is -0.369. The molecule has 0 aliphatic heterocycles. The zero-order valence-electron chi connectivity index (χ0n) is 18.1. The number of rotatable bonds is 7. The zero-order chi connectivity index (χ0) is 23.4. The van der Waals surface area contributed by atoms with Gasteiger partial charge < -0.3 is 15.2 Å². The highest BCUT2D eigenvalue weighted by Crippen LogP contribution is 2.22. The first-order valence-corrected chi connectivity index (χ1v) is 11.6. The van der Waals surface area contributed by atoms with Crippen LogP contribution in [0.1, 0.15) is 29.1 Å². The molecule has 0 radical (unpaired) electrons. The first-order valence-electron chi connectivity index (χ1n) is 10.3. The predicted molar refractivity (Wildman–Crippen MR) is 132 cm³/mol. The molecule has 1 heterocycles. The molecule has 1 atom stereocenters. The Hall–Kier alpha value is -3.36. The molecule has 0 unspecified atom stereocenters. The molecule has 4 aromatic rings. The number of aromatic nitrogens is 3. The zero-order valence-corrected chi connectivity index (χ0v) is 19.7. The van der Waals surface area contributed by atoms with Gasteiger partial charge in [0.1, 0.15) is 0 Å². The van der Waals surface area contributed by atoms with Gasteiger partial charge in [-0.05, 0) is 54.1 Å². The lowest BCUT2D eigenvalue weighted by Crippen LogP contribution is -2.28. The highest BCUT2D eigenvalue weighted by molar-refractivity contribution is 7.99. The molecule has 0 saturated carbocycles. The van der Waals surface area contributed by atoms with E-state index in [1.165, 1.54) is 11.8 Å². The van der Waals surface area contributed by atoms with E-state index < -0.39 is 0 Å². The number of halogens is 1. The van der Waals surface area contributed by atoms with Crippen LogP contribution in [-0.4, -0.2) is 32.3 Å². The van der Waals surface area contributed by atoms with E-state index in [9.17, 15) is 9.59 Å². The minimum Gasteiger partial charge on any atom is -0.342 e. The maximum absolute atomic E-state index is 12.5. The van der Waals surface area contributed by atoms with Crippen LogP contribution < -0.4 is 10.6 Å². The van der Waals surface area contributed by atoms with E-state index in [0.29, 0.717) is 21.6 Å². The molecule has 0 fully saturated rings. The Bertz CT molecular complexity index is 1310. The second-order valence-electron chi connectivity index (χ2n) is 7.50. The fourth-order valence-corrected chi connectivity index (χ4v) is 4.21. The fraction of sp³-hybridized carbons (Fsp3) is 0.167. The van der Waals surface area contributed by atoms with E-state index in [4.69, 9.17) is 11.6 Å². The van der Waals surface area contributed by atoms with Crippen LogP contribution in [0.15, 0.2) is 71.9 Å². The van der Waals surface area contributed by atoms with E-state index in [0.717, 1.165) is 16.5 Å². The first-order chi connectivity index (χ1) is 15.9. The number of benzene rings is 3. The molecule has 0 bridgehead atoms. The summed E-state index contributed by atoms with van der Waals surface area (Å²) in [4.78, 5) is 24.9. The molecule has 0 aliphatic rings. The maximum Gasteiger partial charge on any atom is 0.251 e. The number of amides is 2. The SMILES string of the molecule is C[C@H](NC(=O)c1ccc(Cl)cc1)c1nnc(SCC(=O)Nc2ccc3ccccc3c2)n1C. The van der Waals surface area contributed by atoms with Crippen molar-refractivity contribution >= 4 is 51.6 Å². The Balaban J connectivity index is 1.34. The molecular weight excluding hydrogens is 458 g/mol. The monoisotopic (exact) mass is 479 g/mol. The molecule has 168 valence electrons. The Kier molecular flexibility index (Phi) is 6.96. The van der Waals surface area contributed by atoms with Crippen molar-refractivity contribution in [1.29, 1.82) is 0 Å². The van der Waals surface area contributed by atoms with Crippen molar-refractivity contribution in [3.8, 4) is 0 Å². The minimum absolute atomic E-state index is 0.135. The second kappa shape index (κ2) is 10.1. The van der Waals surface area contributed by atoms with Crippen LogP contribution in [0, 0.1) is 0 Å². The Morgan fingerprint density at radius 1 is 1.03 bits per heavy atom. The summed E-state index contributed by atoms with van der Waals surface area (Å²) in [6.45, 7) is 1.83. The molecule has 3 aromatic carbocycles. The molecule has 4 rings (SSSR count). The van der Waals surface area contributed by atoms with Gasteiger partial charge in [0.15, 0.2) is 11.0 Å². The number of nitrogens with zero attached hydrogens (tertiary/aromatic N) is 3. The number of anilines is 1. The van der Waals surface area contributed by atoms with Crippen molar-refractivity contribution in [1.82, 2.24) is 20.1 Å². The molecule has 0 saturated heterocycles. The number of fused-ring (bicyclic) bond motifs is 1. The third kappa shape index (κ3) is 5.53. The van der Waals surface area contributed by atoms with Crippen LogP contribution in [0.25, 0.3) is 10.8 Å². The van der Waals surface area contributed by atoms with E-state index in [2.05, 4.69) is 20.8 Å². The summed E-state index contributed by atoms with van der Waals surface area (Å²) in [7, 11) is 1.81. The van der Waals surface area contributed by atoms with Gasteiger partial charge in [-0.1, -0.05) is 53.7 Å². The van der Waals surface area contributed by atoms with E-state index in [1.54, 1.807) is 28.8 Å². The van der Waals surface area contributed by atoms with Crippen molar-refractivity contribution in [2.45, 2.75) is 18.1 Å². The van der Waals surface area contributed by atoms with Crippen molar-refractivity contribution in [3.63, 3.8) is 0 Å². The summed E-state index contributed by atoms with van der Waals surface area (Å²) in [5.74, 6) is 0.412. The van der Waals surface area contributed by atoms with Gasteiger partial charge in [-0.2, -0.15) is 0 Å². The van der Waals surface area contributed by atoms with E-state index in [1.807, 2.05) is 56.4 Å². The van der Waals surface area contributed by atoms with Crippen LogP contribution in [0.3, 0.4) is 0 Å². The third-order valence-electron chi connectivity index (χ3n) is 5.08. The van der Waals surface area contributed by atoms with Gasteiger partial charge in [0, 0.05) is 23.3 Å². The topological polar surface area (TPSA) is 88.9 Å². The van der Waals surface area contributed by atoms with Crippen molar-refractivity contribution in [2.75, 3.05) is 11.1 Å². The van der Waals surface area contributed by atoms with Gasteiger partial charge >= 0.3 is 0 Å². The Labute approximate surface area is 200 Å². The van der Waals surface area contributed by atoms with E-state index in [-0.39, 0.29) is 23.6 Å². The summed E-state index contributed by atoms with van der Waals surface area (Å²) >= 11 is 7.16. The molecule has 0 spiro atoms.